The Balaban J connectivity index is 0.000000963. The molecular formula is C12H20ClNO2. The van der Waals surface area contributed by atoms with E-state index >= 15 is 0 Å². The van der Waals surface area contributed by atoms with Crippen LogP contribution in [0.4, 0.5) is 0 Å². The van der Waals surface area contributed by atoms with Gasteiger partial charge in [0.15, 0.2) is 0 Å². The van der Waals surface area contributed by atoms with Crippen LogP contribution in [0.25, 0.3) is 0 Å². The number of hydrogen-bond donors (Lipinski definition) is 1. The van der Waals surface area contributed by atoms with Crippen LogP contribution in [-0.2, 0) is 9.53 Å². The standard InChI is InChI=1S/C12H19NO2.ClH/c1-15-12(14)11-10-8-4-2-7(3-5-8)9(10)6-13-11;/h7-11,13H,2-6H2,1H3;1H/t7?,8?,9-,10+,11+;/m1./s1. The molecule has 16 heavy (non-hydrogen) atoms. The normalized spacial score (nSPS) is 44.7. The van der Waals surface area contributed by atoms with E-state index in [1.165, 1.54) is 32.8 Å². The van der Waals surface area contributed by atoms with Gasteiger partial charge >= 0.3 is 5.97 Å². The highest BCUT2D eigenvalue weighted by Gasteiger charge is 2.52. The Kier molecular flexibility index (Phi) is 3.45. The fraction of sp³-hybridized carbons (Fsp3) is 0.917. The summed E-state index contributed by atoms with van der Waals surface area (Å²) in [5.74, 6) is 2.93. The molecule has 3 aliphatic carbocycles. The highest BCUT2D eigenvalue weighted by Crippen LogP contribution is 2.52. The molecule has 1 saturated heterocycles. The summed E-state index contributed by atoms with van der Waals surface area (Å²) in [5.41, 5.74) is 0. The summed E-state index contributed by atoms with van der Waals surface area (Å²) in [6.45, 7) is 1.03. The maximum atomic E-state index is 11.7. The Morgan fingerprint density at radius 2 is 1.81 bits per heavy atom. The van der Waals surface area contributed by atoms with Crippen LogP contribution in [0.3, 0.4) is 0 Å². The second kappa shape index (κ2) is 4.53. The van der Waals surface area contributed by atoms with E-state index in [-0.39, 0.29) is 24.4 Å². The average Bonchev–Trinajstić information content (AvgIpc) is 2.76. The molecule has 4 heteroatoms. The largest absolute Gasteiger partial charge is 0.468 e. The highest BCUT2D eigenvalue weighted by atomic mass is 35.5. The zero-order chi connectivity index (χ0) is 10.4. The summed E-state index contributed by atoms with van der Waals surface area (Å²) in [5, 5.41) is 3.38. The van der Waals surface area contributed by atoms with Crippen molar-refractivity contribution in [2.75, 3.05) is 13.7 Å². The van der Waals surface area contributed by atoms with Crippen molar-refractivity contribution in [3.05, 3.63) is 0 Å². The second-order valence-corrected chi connectivity index (χ2v) is 5.33. The topological polar surface area (TPSA) is 38.3 Å². The third-order valence-electron chi connectivity index (χ3n) is 4.87. The van der Waals surface area contributed by atoms with Gasteiger partial charge in [0, 0.05) is 0 Å². The number of methoxy groups -OCH3 is 1. The summed E-state index contributed by atoms with van der Waals surface area (Å²) in [6, 6.07) is -0.00639. The average molecular weight is 246 g/mol. The predicted molar refractivity (Wildman–Crippen MR) is 63.5 cm³/mol. The number of ether oxygens (including phenoxy) is 1. The lowest BCUT2D eigenvalue weighted by atomic mass is 9.58. The molecule has 92 valence electrons. The third-order valence-corrected chi connectivity index (χ3v) is 4.87. The van der Waals surface area contributed by atoms with Gasteiger partial charge in [-0.1, -0.05) is 0 Å². The van der Waals surface area contributed by atoms with Gasteiger partial charge in [-0.2, -0.15) is 0 Å². The Morgan fingerprint density at radius 1 is 1.19 bits per heavy atom. The number of carbonyl (C=O) groups is 1. The van der Waals surface area contributed by atoms with Gasteiger partial charge in [0.2, 0.25) is 0 Å². The summed E-state index contributed by atoms with van der Waals surface area (Å²) >= 11 is 0. The molecule has 0 amide bonds. The van der Waals surface area contributed by atoms with Crippen LogP contribution < -0.4 is 5.32 Å². The first-order valence-electron chi connectivity index (χ1n) is 6.12. The number of halogens is 1. The number of esters is 1. The van der Waals surface area contributed by atoms with E-state index in [1.807, 2.05) is 0 Å². The minimum absolute atomic E-state index is 0. The van der Waals surface area contributed by atoms with E-state index in [0.717, 1.165) is 24.3 Å². The van der Waals surface area contributed by atoms with E-state index < -0.39 is 0 Å². The molecule has 0 aromatic carbocycles. The number of carbonyl (C=O) groups excluding carboxylic acids is 1. The molecule has 0 unspecified atom stereocenters. The molecule has 3 atom stereocenters. The van der Waals surface area contributed by atoms with Crippen molar-refractivity contribution >= 4 is 18.4 Å². The van der Waals surface area contributed by atoms with Crippen molar-refractivity contribution in [2.45, 2.75) is 31.7 Å². The van der Waals surface area contributed by atoms with Crippen LogP contribution in [0.5, 0.6) is 0 Å². The van der Waals surface area contributed by atoms with Crippen LogP contribution >= 0.6 is 12.4 Å². The zero-order valence-electron chi connectivity index (χ0n) is 9.65. The molecule has 2 bridgehead atoms. The molecule has 4 rings (SSSR count). The summed E-state index contributed by atoms with van der Waals surface area (Å²) < 4.78 is 4.89. The second-order valence-electron chi connectivity index (χ2n) is 5.33. The molecule has 4 aliphatic rings. The van der Waals surface area contributed by atoms with Gasteiger partial charge in [-0.25, -0.2) is 0 Å². The summed E-state index contributed by atoms with van der Waals surface area (Å²) in [6.07, 6.45) is 5.45. The lowest BCUT2D eigenvalue weighted by molar-refractivity contribution is -0.145. The number of rotatable bonds is 1. The first-order chi connectivity index (χ1) is 7.31. The Bertz CT molecular complexity index is 276. The minimum atomic E-state index is -0.0463. The Morgan fingerprint density at radius 3 is 2.44 bits per heavy atom. The van der Waals surface area contributed by atoms with Crippen LogP contribution in [0.15, 0.2) is 0 Å². The molecular weight excluding hydrogens is 226 g/mol. The molecule has 1 aliphatic heterocycles. The van der Waals surface area contributed by atoms with Crippen LogP contribution in [-0.4, -0.2) is 25.7 Å². The molecule has 0 radical (unpaired) electrons. The fourth-order valence-electron chi connectivity index (χ4n) is 4.21. The van der Waals surface area contributed by atoms with Crippen molar-refractivity contribution in [2.24, 2.45) is 23.7 Å². The number of fused-ring (bicyclic) bond motifs is 2. The summed E-state index contributed by atoms with van der Waals surface area (Å²) in [7, 11) is 1.50. The maximum Gasteiger partial charge on any atom is 0.323 e. The quantitative estimate of drug-likeness (QED) is 0.714. The molecule has 3 saturated carbocycles. The van der Waals surface area contributed by atoms with Gasteiger partial charge in [0.05, 0.1) is 7.11 Å². The van der Waals surface area contributed by atoms with E-state index in [1.54, 1.807) is 0 Å². The minimum Gasteiger partial charge on any atom is -0.468 e. The highest BCUT2D eigenvalue weighted by molar-refractivity contribution is 5.85. The van der Waals surface area contributed by atoms with Gasteiger partial charge in [-0.05, 0) is 55.9 Å². The molecule has 0 spiro atoms. The monoisotopic (exact) mass is 245 g/mol. The van der Waals surface area contributed by atoms with E-state index in [2.05, 4.69) is 5.32 Å². The smallest absolute Gasteiger partial charge is 0.323 e. The van der Waals surface area contributed by atoms with Gasteiger partial charge in [0.1, 0.15) is 6.04 Å². The van der Waals surface area contributed by atoms with Gasteiger partial charge in [-0.15, -0.1) is 12.4 Å². The Hall–Kier alpha value is -0.280. The first kappa shape index (κ1) is 12.2. The third kappa shape index (κ3) is 1.65. The van der Waals surface area contributed by atoms with E-state index in [4.69, 9.17) is 4.74 Å². The molecule has 1 N–H and O–H groups in total. The predicted octanol–water partition coefficient (Wildman–Crippen LogP) is 1.61. The SMILES string of the molecule is COC(=O)[C@H]1NC[C@@H]2C3CCC(CC3)[C@H]12.Cl. The molecule has 0 aromatic heterocycles. The zero-order valence-corrected chi connectivity index (χ0v) is 10.5. The van der Waals surface area contributed by atoms with Crippen molar-refractivity contribution in [1.82, 2.24) is 5.32 Å². The lowest BCUT2D eigenvalue weighted by Crippen LogP contribution is -2.45. The number of nitrogens with one attached hydrogen (secondary N) is 1. The van der Waals surface area contributed by atoms with E-state index in [0.29, 0.717) is 5.92 Å². The molecule has 0 aromatic rings. The Labute approximate surface area is 103 Å². The molecule has 1 heterocycles. The maximum absolute atomic E-state index is 11.7. The number of hydrogen-bond acceptors (Lipinski definition) is 3. The van der Waals surface area contributed by atoms with Gasteiger partial charge < -0.3 is 10.1 Å². The van der Waals surface area contributed by atoms with Crippen LogP contribution in [0.1, 0.15) is 25.7 Å². The van der Waals surface area contributed by atoms with Crippen molar-refractivity contribution in [1.29, 1.82) is 0 Å². The summed E-state index contributed by atoms with van der Waals surface area (Å²) in [4.78, 5) is 11.7. The molecule has 3 nitrogen and oxygen atoms in total. The van der Waals surface area contributed by atoms with Crippen LogP contribution in [0, 0.1) is 23.7 Å². The van der Waals surface area contributed by atoms with Crippen LogP contribution in [0.2, 0.25) is 0 Å². The van der Waals surface area contributed by atoms with Crippen molar-refractivity contribution in [3.63, 3.8) is 0 Å². The van der Waals surface area contributed by atoms with E-state index in [9.17, 15) is 4.79 Å². The lowest BCUT2D eigenvalue weighted by Gasteiger charge is -2.46. The van der Waals surface area contributed by atoms with Gasteiger partial charge in [-0.3, -0.25) is 4.79 Å². The van der Waals surface area contributed by atoms with Crippen molar-refractivity contribution in [3.8, 4) is 0 Å². The van der Waals surface area contributed by atoms with Crippen molar-refractivity contribution < 1.29 is 9.53 Å². The molecule has 4 fully saturated rings. The van der Waals surface area contributed by atoms with Gasteiger partial charge in [0.25, 0.3) is 0 Å². The first-order valence-corrected chi connectivity index (χ1v) is 6.12. The fourth-order valence-corrected chi connectivity index (χ4v) is 4.21.